The van der Waals surface area contributed by atoms with E-state index in [9.17, 15) is 14.4 Å². The first-order chi connectivity index (χ1) is 12.3. The number of hydrogen-bond acceptors (Lipinski definition) is 5. The Labute approximate surface area is 157 Å². The van der Waals surface area contributed by atoms with Gasteiger partial charge < -0.3 is 14.5 Å². The van der Waals surface area contributed by atoms with Crippen LogP contribution in [0, 0.1) is 0 Å². The number of benzene rings is 1. The topological polar surface area (TPSA) is 66.9 Å². The minimum absolute atomic E-state index is 0.0149. The van der Waals surface area contributed by atoms with Crippen molar-refractivity contribution < 1.29 is 19.1 Å². The molecule has 2 atom stereocenters. The molecule has 0 radical (unpaired) electrons. The molecule has 0 aromatic heterocycles. The van der Waals surface area contributed by atoms with E-state index in [-0.39, 0.29) is 29.3 Å². The average molecular weight is 376 g/mol. The second-order valence-electron chi connectivity index (χ2n) is 7.07. The summed E-state index contributed by atoms with van der Waals surface area (Å²) in [6.07, 6.45) is 1.20. The molecule has 2 aliphatic heterocycles. The van der Waals surface area contributed by atoms with E-state index >= 15 is 0 Å². The maximum Gasteiger partial charge on any atom is 0.330 e. The number of carbonyl (C=O) groups is 3. The van der Waals surface area contributed by atoms with E-state index in [0.717, 1.165) is 12.1 Å². The largest absolute Gasteiger partial charge is 0.454 e. The molecule has 140 valence electrons. The van der Waals surface area contributed by atoms with Crippen LogP contribution >= 0.6 is 11.8 Å². The zero-order chi connectivity index (χ0) is 18.9. The number of amides is 2. The summed E-state index contributed by atoms with van der Waals surface area (Å²) in [5.41, 5.74) is 0.766. The Balaban J connectivity index is 1.64. The normalized spacial score (nSPS) is 24.7. The fraction of sp³-hybridized carbons (Fsp3) is 0.526. The van der Waals surface area contributed by atoms with Gasteiger partial charge in [0.05, 0.1) is 4.87 Å². The highest BCUT2D eigenvalue weighted by Gasteiger charge is 2.53. The highest BCUT2D eigenvalue weighted by Crippen LogP contribution is 2.47. The van der Waals surface area contributed by atoms with Crippen LogP contribution in [0.25, 0.3) is 0 Å². The Hall–Kier alpha value is -2.02. The number of hydrogen-bond donors (Lipinski definition) is 0. The highest BCUT2D eigenvalue weighted by atomic mass is 32.2. The van der Waals surface area contributed by atoms with E-state index in [1.165, 1.54) is 0 Å². The van der Waals surface area contributed by atoms with Gasteiger partial charge in [-0.1, -0.05) is 18.2 Å². The molecule has 1 aromatic carbocycles. The smallest absolute Gasteiger partial charge is 0.330 e. The second kappa shape index (κ2) is 7.31. The molecule has 0 bridgehead atoms. The summed E-state index contributed by atoms with van der Waals surface area (Å²) in [7, 11) is 0. The minimum atomic E-state index is -0.600. The number of para-hydroxylation sites is 1. The van der Waals surface area contributed by atoms with Crippen LogP contribution in [0.4, 0.5) is 5.69 Å². The Morgan fingerprint density at radius 3 is 2.69 bits per heavy atom. The number of fused-ring (bicyclic) bond motifs is 1. The summed E-state index contributed by atoms with van der Waals surface area (Å²) >= 11 is 1.61. The van der Waals surface area contributed by atoms with Gasteiger partial charge in [-0.05, 0) is 39.3 Å². The van der Waals surface area contributed by atoms with Gasteiger partial charge in [0, 0.05) is 23.9 Å². The van der Waals surface area contributed by atoms with Crippen molar-refractivity contribution in [3.63, 3.8) is 0 Å². The van der Waals surface area contributed by atoms with E-state index in [1.54, 1.807) is 21.6 Å². The minimum Gasteiger partial charge on any atom is -0.454 e. The van der Waals surface area contributed by atoms with Gasteiger partial charge in [-0.3, -0.25) is 9.59 Å². The van der Waals surface area contributed by atoms with E-state index in [1.807, 2.05) is 51.1 Å². The summed E-state index contributed by atoms with van der Waals surface area (Å²) in [6, 6.07) is 8.64. The van der Waals surface area contributed by atoms with Crippen LogP contribution in [0.2, 0.25) is 0 Å². The van der Waals surface area contributed by atoms with Crippen LogP contribution < -0.4 is 4.90 Å². The van der Waals surface area contributed by atoms with Crippen LogP contribution in [-0.4, -0.2) is 52.0 Å². The third-order valence-corrected chi connectivity index (χ3v) is 6.38. The van der Waals surface area contributed by atoms with Crippen molar-refractivity contribution in [3.8, 4) is 0 Å². The molecule has 2 saturated heterocycles. The lowest BCUT2D eigenvalue weighted by molar-refractivity contribution is -0.155. The molecule has 2 amide bonds. The van der Waals surface area contributed by atoms with E-state index < -0.39 is 12.0 Å². The van der Waals surface area contributed by atoms with Gasteiger partial charge in [0.2, 0.25) is 5.91 Å². The number of esters is 1. The molecular formula is C19H24N2O4S. The Kier molecular flexibility index (Phi) is 5.27. The fourth-order valence-corrected chi connectivity index (χ4v) is 5.03. The molecule has 2 aliphatic rings. The predicted octanol–water partition coefficient (Wildman–Crippen LogP) is 2.43. The SMILES string of the molecule is CC(C)N(C(=O)COC(=O)[C@@H]1CS[C@@]2(C)CCC(=O)N12)c1ccccc1. The maximum atomic E-state index is 12.6. The van der Waals surface area contributed by atoms with Crippen LogP contribution in [0.5, 0.6) is 0 Å². The van der Waals surface area contributed by atoms with Gasteiger partial charge in [-0.15, -0.1) is 11.8 Å². The molecule has 0 saturated carbocycles. The second-order valence-corrected chi connectivity index (χ2v) is 8.57. The molecule has 2 heterocycles. The van der Waals surface area contributed by atoms with E-state index in [2.05, 4.69) is 0 Å². The molecule has 0 spiro atoms. The first kappa shape index (κ1) is 18.8. The molecular weight excluding hydrogens is 352 g/mol. The van der Waals surface area contributed by atoms with Crippen molar-refractivity contribution >= 4 is 35.2 Å². The van der Waals surface area contributed by atoms with Gasteiger partial charge in [0.15, 0.2) is 6.61 Å². The third kappa shape index (κ3) is 3.45. The van der Waals surface area contributed by atoms with Crippen molar-refractivity contribution in [2.75, 3.05) is 17.3 Å². The molecule has 0 unspecified atom stereocenters. The summed E-state index contributed by atoms with van der Waals surface area (Å²) < 4.78 is 5.30. The molecule has 3 rings (SSSR count). The summed E-state index contributed by atoms with van der Waals surface area (Å²) in [4.78, 5) is 40.2. The molecule has 26 heavy (non-hydrogen) atoms. The van der Waals surface area contributed by atoms with Crippen molar-refractivity contribution in [3.05, 3.63) is 30.3 Å². The molecule has 6 nitrogen and oxygen atoms in total. The molecule has 1 aromatic rings. The Morgan fingerprint density at radius 1 is 1.35 bits per heavy atom. The Bertz CT molecular complexity index is 709. The number of ether oxygens (including phenoxy) is 1. The lowest BCUT2D eigenvalue weighted by Gasteiger charge is -2.30. The van der Waals surface area contributed by atoms with Crippen molar-refractivity contribution in [1.82, 2.24) is 4.90 Å². The van der Waals surface area contributed by atoms with Gasteiger partial charge in [0.1, 0.15) is 6.04 Å². The monoisotopic (exact) mass is 376 g/mol. The number of nitrogens with zero attached hydrogens (tertiary/aromatic N) is 2. The third-order valence-electron chi connectivity index (χ3n) is 4.87. The van der Waals surface area contributed by atoms with E-state index in [0.29, 0.717) is 12.2 Å². The number of rotatable bonds is 5. The van der Waals surface area contributed by atoms with Crippen molar-refractivity contribution in [2.24, 2.45) is 0 Å². The van der Waals surface area contributed by atoms with Crippen molar-refractivity contribution in [1.29, 1.82) is 0 Å². The quantitative estimate of drug-likeness (QED) is 0.739. The number of carbonyl (C=O) groups excluding carboxylic acids is 3. The first-order valence-corrected chi connectivity index (χ1v) is 9.82. The standard InChI is InChI=1S/C19H24N2O4S/c1-13(2)20(14-7-5-4-6-8-14)17(23)11-25-18(24)15-12-26-19(3)10-9-16(22)21(15)19/h4-8,13,15H,9-12H2,1-3H3/t15-,19-/m0/s1. The fourth-order valence-electron chi connectivity index (χ4n) is 3.61. The van der Waals surface area contributed by atoms with E-state index in [4.69, 9.17) is 4.74 Å². The molecule has 7 heteroatoms. The lowest BCUT2D eigenvalue weighted by atomic mass is 10.2. The zero-order valence-corrected chi connectivity index (χ0v) is 16.1. The van der Waals surface area contributed by atoms with Crippen LogP contribution in [0.15, 0.2) is 30.3 Å². The van der Waals surface area contributed by atoms with Gasteiger partial charge in [-0.25, -0.2) is 4.79 Å². The van der Waals surface area contributed by atoms with Gasteiger partial charge >= 0.3 is 5.97 Å². The Morgan fingerprint density at radius 2 is 2.04 bits per heavy atom. The molecule has 0 aliphatic carbocycles. The summed E-state index contributed by atoms with van der Waals surface area (Å²) in [5, 5.41) is 0. The summed E-state index contributed by atoms with van der Waals surface area (Å²) in [5.74, 6) is -0.275. The lowest BCUT2D eigenvalue weighted by Crippen LogP contribution is -2.47. The van der Waals surface area contributed by atoms with Gasteiger partial charge in [-0.2, -0.15) is 0 Å². The van der Waals surface area contributed by atoms with Crippen LogP contribution in [0.1, 0.15) is 33.6 Å². The molecule has 2 fully saturated rings. The highest BCUT2D eigenvalue weighted by molar-refractivity contribution is 8.01. The maximum absolute atomic E-state index is 12.6. The number of anilines is 1. The van der Waals surface area contributed by atoms with Crippen LogP contribution in [-0.2, 0) is 19.1 Å². The molecule has 0 N–H and O–H groups in total. The first-order valence-electron chi connectivity index (χ1n) is 8.83. The average Bonchev–Trinajstić information content (AvgIpc) is 3.10. The summed E-state index contributed by atoms with van der Waals surface area (Å²) in [6.45, 7) is 5.48. The number of thioether (sulfide) groups is 1. The predicted molar refractivity (Wildman–Crippen MR) is 101 cm³/mol. The zero-order valence-electron chi connectivity index (χ0n) is 15.3. The van der Waals surface area contributed by atoms with Gasteiger partial charge in [0.25, 0.3) is 5.91 Å². The van der Waals surface area contributed by atoms with Crippen molar-refractivity contribution in [2.45, 2.75) is 50.6 Å². The van der Waals surface area contributed by atoms with Crippen LogP contribution in [0.3, 0.4) is 0 Å².